The molecule has 3 nitrogen and oxygen atoms in total. The van der Waals surface area contributed by atoms with E-state index in [-0.39, 0.29) is 13.0 Å². The second-order valence-corrected chi connectivity index (χ2v) is 4.22. The van der Waals surface area contributed by atoms with Gasteiger partial charge in [-0.3, -0.25) is 0 Å². The predicted octanol–water partition coefficient (Wildman–Crippen LogP) is 2.83. The lowest BCUT2D eigenvalue weighted by Crippen LogP contribution is -2.14. The van der Waals surface area contributed by atoms with Gasteiger partial charge >= 0.3 is 5.97 Å². The van der Waals surface area contributed by atoms with Gasteiger partial charge in [0.05, 0.1) is 20.0 Å². The fourth-order valence-corrected chi connectivity index (χ4v) is 1.40. The summed E-state index contributed by atoms with van der Waals surface area (Å²) in [5, 5.41) is 7.22. The molecular weight excluding hydrogens is 255 g/mol. The monoisotopic (exact) mass is 267 g/mol. The van der Waals surface area contributed by atoms with Crippen LogP contribution in [0.2, 0.25) is 10.8 Å². The Balaban J connectivity index is 2.41. The zero-order valence-electron chi connectivity index (χ0n) is 9.61. The Labute approximate surface area is 111 Å². The first-order chi connectivity index (χ1) is 8.52. The average molecular weight is 267 g/mol. The number of alkyl halides is 1. The van der Waals surface area contributed by atoms with E-state index >= 15 is 0 Å². The van der Waals surface area contributed by atoms with Crippen LogP contribution in [0.1, 0.15) is 16.8 Å². The van der Waals surface area contributed by atoms with Gasteiger partial charge in [0.2, 0.25) is 0 Å². The van der Waals surface area contributed by atoms with Gasteiger partial charge in [-0.2, -0.15) is 0 Å². The summed E-state index contributed by atoms with van der Waals surface area (Å²) < 4.78 is 17.7. The topological polar surface area (TPSA) is 50.2 Å². The summed E-state index contributed by atoms with van der Waals surface area (Å²) in [6.45, 7) is -0.0876. The number of hydrogen-bond acceptors (Lipinski definition) is 3. The molecule has 0 fully saturated rings. The van der Waals surface area contributed by atoms with E-state index in [1.807, 2.05) is 0 Å². The first-order valence-corrected chi connectivity index (χ1v) is 5.73. The third-order valence-electron chi connectivity index (χ3n) is 2.22. The van der Waals surface area contributed by atoms with Crippen molar-refractivity contribution in [1.82, 2.24) is 0 Å². The molecule has 0 amide bonds. The smallest absolute Gasteiger partial charge is 0.338 e. The van der Waals surface area contributed by atoms with E-state index in [1.54, 1.807) is 12.1 Å². The lowest BCUT2D eigenvalue weighted by molar-refractivity contribution is 0.0495. The zero-order chi connectivity index (χ0) is 13.5. The van der Waals surface area contributed by atoms with Gasteiger partial charge in [-0.25, -0.2) is 9.18 Å². The SMILES string of the molecule is [B][C@@H](COC(=O)c1ccc(Cl)cc1)C[C@H](F)C=N. The minimum absolute atomic E-state index is 0.0442. The molecule has 0 saturated heterocycles. The van der Waals surface area contributed by atoms with Crippen LogP contribution in [0.5, 0.6) is 0 Å². The Kier molecular flexibility index (Phi) is 5.85. The van der Waals surface area contributed by atoms with Crippen LogP contribution in [0.25, 0.3) is 0 Å². The number of rotatable bonds is 6. The molecule has 0 saturated carbocycles. The van der Waals surface area contributed by atoms with Crippen LogP contribution >= 0.6 is 11.6 Å². The molecule has 1 aromatic rings. The van der Waals surface area contributed by atoms with Gasteiger partial charge in [0.15, 0.2) is 0 Å². The zero-order valence-corrected chi connectivity index (χ0v) is 10.4. The predicted molar refractivity (Wildman–Crippen MR) is 69.5 cm³/mol. The van der Waals surface area contributed by atoms with E-state index < -0.39 is 18.0 Å². The third kappa shape index (κ3) is 4.88. The highest BCUT2D eigenvalue weighted by Gasteiger charge is 2.13. The lowest BCUT2D eigenvalue weighted by atomic mass is 9.84. The molecule has 94 valence electrons. The standard InChI is InChI=1S/C12H12BClFNO2/c13-9(5-11(15)6-16)7-18-12(17)8-1-3-10(14)4-2-8/h1-4,6,9,11,16H,5,7H2/t9-,11+/m1/s1. The molecule has 0 aromatic heterocycles. The molecule has 6 heteroatoms. The van der Waals surface area contributed by atoms with Crippen molar-refractivity contribution in [3.63, 3.8) is 0 Å². The first-order valence-electron chi connectivity index (χ1n) is 5.36. The average Bonchev–Trinajstić information content (AvgIpc) is 2.36. The van der Waals surface area contributed by atoms with E-state index in [0.717, 1.165) is 0 Å². The van der Waals surface area contributed by atoms with E-state index in [1.165, 1.54) is 12.1 Å². The number of benzene rings is 1. The molecule has 0 aliphatic rings. The summed E-state index contributed by atoms with van der Waals surface area (Å²) in [5.74, 6) is -1.16. The molecule has 2 atom stereocenters. The molecule has 1 N–H and O–H groups in total. The van der Waals surface area contributed by atoms with Crippen molar-refractivity contribution < 1.29 is 13.9 Å². The quantitative estimate of drug-likeness (QED) is 0.489. The van der Waals surface area contributed by atoms with Crippen LogP contribution in [0, 0.1) is 5.41 Å². The number of esters is 1. The van der Waals surface area contributed by atoms with E-state index in [4.69, 9.17) is 29.6 Å². The highest BCUT2D eigenvalue weighted by molar-refractivity contribution is 6.30. The molecule has 0 aliphatic carbocycles. The van der Waals surface area contributed by atoms with Gasteiger partial charge < -0.3 is 10.1 Å². The van der Waals surface area contributed by atoms with E-state index in [0.29, 0.717) is 16.8 Å². The highest BCUT2D eigenvalue weighted by atomic mass is 35.5. The number of halogens is 2. The van der Waals surface area contributed by atoms with Gasteiger partial charge in [-0.1, -0.05) is 11.6 Å². The van der Waals surface area contributed by atoms with E-state index in [9.17, 15) is 9.18 Å². The maximum atomic E-state index is 12.8. The second-order valence-electron chi connectivity index (χ2n) is 3.78. The van der Waals surface area contributed by atoms with Crippen LogP contribution in [-0.2, 0) is 4.74 Å². The number of carbonyl (C=O) groups excluding carboxylic acids is 1. The van der Waals surface area contributed by atoms with Crippen molar-refractivity contribution in [2.24, 2.45) is 0 Å². The molecule has 1 rings (SSSR count). The van der Waals surface area contributed by atoms with Gasteiger partial charge in [0.25, 0.3) is 0 Å². The fraction of sp³-hybridized carbons (Fsp3) is 0.333. The maximum absolute atomic E-state index is 12.8. The van der Waals surface area contributed by atoms with Crippen molar-refractivity contribution in [1.29, 1.82) is 5.41 Å². The van der Waals surface area contributed by atoms with Crippen molar-refractivity contribution in [2.45, 2.75) is 18.4 Å². The minimum atomic E-state index is -1.41. The molecular formula is C12H12BClFNO2. The third-order valence-corrected chi connectivity index (χ3v) is 2.47. The number of hydrogen-bond donors (Lipinski definition) is 1. The van der Waals surface area contributed by atoms with Crippen LogP contribution in [0.4, 0.5) is 4.39 Å². The lowest BCUT2D eigenvalue weighted by Gasteiger charge is -2.12. The Bertz CT molecular complexity index is 413. The molecule has 2 radical (unpaired) electrons. The molecule has 0 bridgehead atoms. The van der Waals surface area contributed by atoms with Crippen LogP contribution in [0.15, 0.2) is 24.3 Å². The number of carbonyl (C=O) groups is 1. The molecule has 0 aliphatic heterocycles. The Morgan fingerprint density at radius 3 is 2.67 bits per heavy atom. The molecule has 0 spiro atoms. The normalized spacial score (nSPS) is 13.7. The van der Waals surface area contributed by atoms with Crippen molar-refractivity contribution >= 4 is 31.6 Å². The molecule has 18 heavy (non-hydrogen) atoms. The number of nitrogens with one attached hydrogen (secondary N) is 1. The van der Waals surface area contributed by atoms with Gasteiger partial charge in [0, 0.05) is 11.2 Å². The Morgan fingerprint density at radius 1 is 1.50 bits per heavy atom. The van der Waals surface area contributed by atoms with Crippen molar-refractivity contribution in [2.75, 3.05) is 6.61 Å². The van der Waals surface area contributed by atoms with E-state index in [2.05, 4.69) is 0 Å². The van der Waals surface area contributed by atoms with Crippen LogP contribution < -0.4 is 0 Å². The number of ether oxygens (including phenoxy) is 1. The maximum Gasteiger partial charge on any atom is 0.338 e. The Morgan fingerprint density at radius 2 is 2.11 bits per heavy atom. The largest absolute Gasteiger partial charge is 0.463 e. The van der Waals surface area contributed by atoms with Crippen LogP contribution in [0.3, 0.4) is 0 Å². The summed E-state index contributed by atoms with van der Waals surface area (Å²) in [6, 6.07) is 6.22. The summed E-state index contributed by atoms with van der Waals surface area (Å²) in [6.07, 6.45) is -0.785. The summed E-state index contributed by atoms with van der Waals surface area (Å²) in [5.41, 5.74) is 0.357. The first kappa shape index (κ1) is 14.7. The van der Waals surface area contributed by atoms with Crippen molar-refractivity contribution in [3.8, 4) is 0 Å². The highest BCUT2D eigenvalue weighted by Crippen LogP contribution is 2.14. The Hall–Kier alpha value is -1.36. The molecule has 0 unspecified atom stereocenters. The summed E-state index contributed by atoms with van der Waals surface area (Å²) in [4.78, 5) is 11.6. The van der Waals surface area contributed by atoms with Gasteiger partial charge in [0.1, 0.15) is 6.17 Å². The fourth-order valence-electron chi connectivity index (χ4n) is 1.28. The van der Waals surface area contributed by atoms with Gasteiger partial charge in [-0.05, 0) is 36.5 Å². The van der Waals surface area contributed by atoms with Crippen molar-refractivity contribution in [3.05, 3.63) is 34.9 Å². The van der Waals surface area contributed by atoms with Crippen LogP contribution in [-0.4, -0.2) is 32.8 Å². The molecule has 1 aromatic carbocycles. The second kappa shape index (κ2) is 7.16. The molecule has 0 heterocycles. The minimum Gasteiger partial charge on any atom is -0.463 e. The van der Waals surface area contributed by atoms with Gasteiger partial charge in [-0.15, -0.1) is 0 Å². The summed E-state index contributed by atoms with van der Waals surface area (Å²) in [7, 11) is 5.56. The summed E-state index contributed by atoms with van der Waals surface area (Å²) >= 11 is 5.68.